The Bertz CT molecular complexity index is 973. The van der Waals surface area contributed by atoms with Crippen molar-refractivity contribution < 1.29 is 14.3 Å². The molecule has 166 valence electrons. The summed E-state index contributed by atoms with van der Waals surface area (Å²) in [5.74, 6) is -0.568. The number of nitrogens with one attached hydrogen (secondary N) is 1. The summed E-state index contributed by atoms with van der Waals surface area (Å²) in [5.41, 5.74) is 1.96. The quantitative estimate of drug-likeness (QED) is 0.339. The molecule has 2 aromatic rings. The van der Waals surface area contributed by atoms with Gasteiger partial charge in [-0.25, -0.2) is 4.79 Å². The van der Waals surface area contributed by atoms with Crippen LogP contribution in [-0.4, -0.2) is 34.6 Å². The van der Waals surface area contributed by atoms with E-state index in [-0.39, 0.29) is 5.91 Å². The van der Waals surface area contributed by atoms with E-state index in [0.717, 1.165) is 0 Å². The van der Waals surface area contributed by atoms with Crippen LogP contribution in [0.25, 0.3) is 6.08 Å². The first-order valence-corrected chi connectivity index (χ1v) is 17.8. The molecule has 2 aromatic carbocycles. The Morgan fingerprint density at radius 3 is 2.03 bits per heavy atom. The fourth-order valence-electron chi connectivity index (χ4n) is 2.92. The van der Waals surface area contributed by atoms with E-state index in [4.69, 9.17) is 16.3 Å². The number of carbonyl (C=O) groups is 2. The minimum atomic E-state index is -1.58. The van der Waals surface area contributed by atoms with Crippen LogP contribution in [0.1, 0.15) is 22.8 Å². The second-order valence-corrected chi connectivity index (χ2v) is 20.1. The normalized spacial score (nSPS) is 12.1. The van der Waals surface area contributed by atoms with Gasteiger partial charge in [-0.2, -0.15) is 0 Å². The number of benzene rings is 2. The molecule has 0 radical (unpaired) electrons. The first kappa shape index (κ1) is 25.1. The van der Waals surface area contributed by atoms with Crippen LogP contribution in [0, 0.1) is 0 Å². The molecule has 0 aliphatic rings. The third kappa shape index (κ3) is 7.19. The van der Waals surface area contributed by atoms with Crippen molar-refractivity contribution in [3.8, 4) is 0 Å². The van der Waals surface area contributed by atoms with Crippen LogP contribution in [0.15, 0.2) is 42.5 Å². The molecule has 1 amide bonds. The molecule has 2 rings (SSSR count). The molecular formula is C24H32ClNO3Si2. The maximum atomic E-state index is 13.1. The molecule has 7 heteroatoms. The van der Waals surface area contributed by atoms with E-state index in [1.54, 1.807) is 31.2 Å². The van der Waals surface area contributed by atoms with Gasteiger partial charge in [0.1, 0.15) is 0 Å². The number of amides is 1. The molecule has 0 saturated heterocycles. The van der Waals surface area contributed by atoms with Gasteiger partial charge in [0.25, 0.3) is 5.91 Å². The summed E-state index contributed by atoms with van der Waals surface area (Å²) in [7, 11) is -3.16. The summed E-state index contributed by atoms with van der Waals surface area (Å²) >= 11 is 6.35. The lowest BCUT2D eigenvalue weighted by Gasteiger charge is -2.24. The van der Waals surface area contributed by atoms with Crippen molar-refractivity contribution in [2.75, 3.05) is 11.9 Å². The molecule has 0 spiro atoms. The van der Waals surface area contributed by atoms with Gasteiger partial charge in [-0.05, 0) is 30.7 Å². The molecule has 0 bridgehead atoms. The van der Waals surface area contributed by atoms with Crippen LogP contribution in [-0.2, 0) is 9.53 Å². The largest absolute Gasteiger partial charge is 0.463 e. The van der Waals surface area contributed by atoms with Gasteiger partial charge in [-0.3, -0.25) is 4.79 Å². The zero-order chi connectivity index (χ0) is 23.4. The molecular weight excluding hydrogens is 442 g/mol. The lowest BCUT2D eigenvalue weighted by Crippen LogP contribution is -2.46. The summed E-state index contributed by atoms with van der Waals surface area (Å²) in [6.45, 7) is 15.8. The van der Waals surface area contributed by atoms with Crippen molar-refractivity contribution in [3.05, 3.63) is 58.6 Å². The lowest BCUT2D eigenvalue weighted by atomic mass is 10.1. The Balaban J connectivity index is 2.29. The predicted octanol–water partition coefficient (Wildman–Crippen LogP) is 5.26. The molecule has 0 saturated carbocycles. The van der Waals surface area contributed by atoms with E-state index in [9.17, 15) is 9.59 Å². The predicted molar refractivity (Wildman–Crippen MR) is 137 cm³/mol. The number of rotatable bonds is 7. The van der Waals surface area contributed by atoms with Crippen molar-refractivity contribution in [1.82, 2.24) is 0 Å². The van der Waals surface area contributed by atoms with Gasteiger partial charge in [0.05, 0.1) is 22.8 Å². The summed E-state index contributed by atoms with van der Waals surface area (Å²) in [5, 5.41) is 5.98. The second-order valence-electron chi connectivity index (χ2n) is 9.57. The van der Waals surface area contributed by atoms with Gasteiger partial charge in [0.2, 0.25) is 0 Å². The van der Waals surface area contributed by atoms with Crippen LogP contribution < -0.4 is 15.7 Å². The summed E-state index contributed by atoms with van der Waals surface area (Å²) in [6.07, 6.45) is 2.94. The second kappa shape index (κ2) is 9.98. The highest BCUT2D eigenvalue weighted by Gasteiger charge is 2.24. The summed E-state index contributed by atoms with van der Waals surface area (Å²) in [6, 6.07) is 11.6. The summed E-state index contributed by atoms with van der Waals surface area (Å²) in [4.78, 5) is 24.5. The fourth-order valence-corrected chi connectivity index (χ4v) is 5.66. The van der Waals surface area contributed by atoms with Gasteiger partial charge in [0.15, 0.2) is 0 Å². The number of ether oxygens (including phenoxy) is 1. The molecule has 0 aliphatic heterocycles. The number of halogens is 1. The van der Waals surface area contributed by atoms with Crippen LogP contribution in [0.3, 0.4) is 0 Å². The number of esters is 1. The van der Waals surface area contributed by atoms with Crippen LogP contribution >= 0.6 is 11.6 Å². The maximum absolute atomic E-state index is 13.1. The Morgan fingerprint density at radius 1 is 0.968 bits per heavy atom. The average Bonchev–Trinajstić information content (AvgIpc) is 2.66. The Morgan fingerprint density at radius 2 is 1.55 bits per heavy atom. The Kier molecular flexibility index (Phi) is 8.08. The molecule has 31 heavy (non-hydrogen) atoms. The highest BCUT2D eigenvalue weighted by atomic mass is 35.5. The SMILES string of the molecule is CCOC(=O)/C=C/c1ccc(NC(=O)c2cc([Si](C)(C)C)cc([Si](C)(C)C)c2)cc1Cl. The Labute approximate surface area is 192 Å². The molecule has 1 N–H and O–H groups in total. The molecule has 0 unspecified atom stereocenters. The van der Waals surface area contributed by atoms with Crippen LogP contribution in [0.4, 0.5) is 5.69 Å². The minimum absolute atomic E-state index is 0.148. The number of hydrogen-bond acceptors (Lipinski definition) is 3. The number of carbonyl (C=O) groups excluding carboxylic acids is 2. The number of anilines is 1. The van der Waals surface area contributed by atoms with Gasteiger partial charge >= 0.3 is 5.97 Å². The highest BCUT2D eigenvalue weighted by Crippen LogP contribution is 2.23. The fraction of sp³-hybridized carbons (Fsp3) is 0.333. The first-order chi connectivity index (χ1) is 14.3. The molecule has 0 aromatic heterocycles. The Hall–Kier alpha value is -2.16. The van der Waals surface area contributed by atoms with E-state index in [0.29, 0.717) is 28.4 Å². The van der Waals surface area contributed by atoms with Crippen molar-refractivity contribution in [1.29, 1.82) is 0 Å². The van der Waals surface area contributed by atoms with E-state index < -0.39 is 22.1 Å². The van der Waals surface area contributed by atoms with E-state index >= 15 is 0 Å². The zero-order valence-corrected chi connectivity index (χ0v) is 22.2. The standard InChI is InChI=1S/C24H32ClNO3Si2/c1-8-29-23(27)12-10-17-9-11-19(15-22(17)25)26-24(28)18-13-20(30(2,3)4)16-21(14-18)31(5,6)7/h9-16H,8H2,1-7H3,(H,26,28)/b12-10+. The van der Waals surface area contributed by atoms with Gasteiger partial charge in [0, 0.05) is 22.3 Å². The van der Waals surface area contributed by atoms with Crippen LogP contribution in [0.2, 0.25) is 44.3 Å². The van der Waals surface area contributed by atoms with E-state index in [1.807, 2.05) is 12.1 Å². The van der Waals surface area contributed by atoms with Crippen molar-refractivity contribution in [3.63, 3.8) is 0 Å². The molecule has 4 nitrogen and oxygen atoms in total. The molecule has 0 heterocycles. The van der Waals surface area contributed by atoms with Crippen LogP contribution in [0.5, 0.6) is 0 Å². The van der Waals surface area contributed by atoms with Gasteiger partial charge in [-0.1, -0.05) is 85.5 Å². The van der Waals surface area contributed by atoms with E-state index in [1.165, 1.54) is 16.4 Å². The van der Waals surface area contributed by atoms with Crippen molar-refractivity contribution >= 4 is 61.8 Å². The monoisotopic (exact) mass is 473 g/mol. The molecule has 0 aliphatic carbocycles. The van der Waals surface area contributed by atoms with Crippen molar-refractivity contribution in [2.45, 2.75) is 46.2 Å². The lowest BCUT2D eigenvalue weighted by molar-refractivity contribution is -0.137. The molecule has 0 atom stereocenters. The smallest absolute Gasteiger partial charge is 0.330 e. The minimum Gasteiger partial charge on any atom is -0.463 e. The third-order valence-corrected chi connectivity index (χ3v) is 9.24. The first-order valence-electron chi connectivity index (χ1n) is 10.4. The zero-order valence-electron chi connectivity index (χ0n) is 19.4. The number of hydrogen-bond donors (Lipinski definition) is 1. The maximum Gasteiger partial charge on any atom is 0.330 e. The topological polar surface area (TPSA) is 55.4 Å². The third-order valence-electron chi connectivity index (χ3n) is 4.87. The van der Waals surface area contributed by atoms with Gasteiger partial charge < -0.3 is 10.1 Å². The highest BCUT2D eigenvalue weighted by molar-refractivity contribution is 6.91. The average molecular weight is 474 g/mol. The van der Waals surface area contributed by atoms with Crippen molar-refractivity contribution in [2.24, 2.45) is 0 Å². The van der Waals surface area contributed by atoms with Gasteiger partial charge in [-0.15, -0.1) is 0 Å². The molecule has 0 fully saturated rings. The van der Waals surface area contributed by atoms with E-state index in [2.05, 4.69) is 50.7 Å². The summed E-state index contributed by atoms with van der Waals surface area (Å²) < 4.78 is 4.88.